The number of nitrogens with zero attached hydrogens (tertiary/aromatic N) is 2. The Labute approximate surface area is 121 Å². The number of likely N-dealkylation sites (N-methyl/N-ethyl adjacent to an activating group) is 1. The molecule has 1 saturated heterocycles. The molecule has 0 aromatic carbocycles. The van der Waals surface area contributed by atoms with E-state index in [9.17, 15) is 0 Å². The zero-order valence-electron chi connectivity index (χ0n) is 13.1. The summed E-state index contributed by atoms with van der Waals surface area (Å²) < 4.78 is 13.4. The van der Waals surface area contributed by atoms with Crippen LogP contribution in [0.1, 0.15) is 31.2 Å². The van der Waals surface area contributed by atoms with Gasteiger partial charge in [-0.05, 0) is 19.5 Å². The van der Waals surface area contributed by atoms with Crippen LogP contribution in [0.2, 0.25) is 0 Å². The highest BCUT2D eigenvalue weighted by atomic mass is 16.5. The zero-order chi connectivity index (χ0) is 14.6. The first-order valence-corrected chi connectivity index (χ1v) is 7.47. The van der Waals surface area contributed by atoms with Crippen molar-refractivity contribution in [3.63, 3.8) is 0 Å². The van der Waals surface area contributed by atoms with E-state index in [1.807, 2.05) is 25.9 Å². The molecule has 0 amide bonds. The fourth-order valence-corrected chi connectivity index (χ4v) is 3.11. The van der Waals surface area contributed by atoms with Crippen molar-refractivity contribution in [1.29, 1.82) is 0 Å². The predicted molar refractivity (Wildman–Crippen MR) is 78.9 cm³/mol. The van der Waals surface area contributed by atoms with Gasteiger partial charge in [-0.25, -0.2) is 0 Å². The third-order valence-corrected chi connectivity index (χ3v) is 4.53. The minimum absolute atomic E-state index is 0.135. The van der Waals surface area contributed by atoms with Gasteiger partial charge >= 0.3 is 0 Å². The molecule has 5 nitrogen and oxygen atoms in total. The largest absolute Gasteiger partial charge is 0.381 e. The van der Waals surface area contributed by atoms with Crippen LogP contribution in [0, 0.1) is 0 Å². The molecule has 0 radical (unpaired) electrons. The van der Waals surface area contributed by atoms with Crippen LogP contribution < -0.4 is 5.32 Å². The quantitative estimate of drug-likeness (QED) is 0.854. The highest BCUT2D eigenvalue weighted by Crippen LogP contribution is 2.30. The van der Waals surface area contributed by atoms with Gasteiger partial charge in [0.2, 0.25) is 0 Å². The van der Waals surface area contributed by atoms with Crippen molar-refractivity contribution < 1.29 is 9.47 Å². The Balaban J connectivity index is 2.16. The van der Waals surface area contributed by atoms with Crippen molar-refractivity contribution in [2.75, 3.05) is 27.4 Å². The molecule has 1 aromatic rings. The molecule has 0 spiro atoms. The van der Waals surface area contributed by atoms with Crippen molar-refractivity contribution in [3.05, 3.63) is 17.5 Å². The topological polar surface area (TPSA) is 48.3 Å². The molecule has 1 aliphatic heterocycles. The summed E-state index contributed by atoms with van der Waals surface area (Å²) in [7, 11) is 5.85. The van der Waals surface area contributed by atoms with E-state index in [-0.39, 0.29) is 11.6 Å². The van der Waals surface area contributed by atoms with Gasteiger partial charge < -0.3 is 14.8 Å². The number of aromatic nitrogens is 2. The summed E-state index contributed by atoms with van der Waals surface area (Å²) in [6.45, 7) is 3.69. The first-order chi connectivity index (χ1) is 9.65. The van der Waals surface area contributed by atoms with Crippen LogP contribution in [-0.4, -0.2) is 48.8 Å². The molecule has 1 N–H and O–H groups in total. The normalized spacial score (nSPS) is 20.0. The molecule has 0 aliphatic carbocycles. The molecule has 1 fully saturated rings. The predicted octanol–water partition coefficient (Wildman–Crippen LogP) is 1.31. The van der Waals surface area contributed by atoms with Gasteiger partial charge in [-0.3, -0.25) is 4.68 Å². The minimum atomic E-state index is -0.135. The zero-order valence-corrected chi connectivity index (χ0v) is 13.1. The Morgan fingerprint density at radius 3 is 2.70 bits per heavy atom. The second kappa shape index (κ2) is 6.70. The van der Waals surface area contributed by atoms with E-state index in [4.69, 9.17) is 9.47 Å². The van der Waals surface area contributed by atoms with Crippen molar-refractivity contribution in [3.8, 4) is 0 Å². The minimum Gasteiger partial charge on any atom is -0.381 e. The van der Waals surface area contributed by atoms with Crippen molar-refractivity contribution in [2.24, 2.45) is 7.05 Å². The Morgan fingerprint density at radius 2 is 2.20 bits per heavy atom. The van der Waals surface area contributed by atoms with Gasteiger partial charge in [-0.2, -0.15) is 5.10 Å². The summed E-state index contributed by atoms with van der Waals surface area (Å²) in [6.07, 6.45) is 3.77. The maximum absolute atomic E-state index is 5.90. The van der Waals surface area contributed by atoms with Gasteiger partial charge in [-0.15, -0.1) is 0 Å². The summed E-state index contributed by atoms with van der Waals surface area (Å²) in [6, 6.07) is 2.48. The monoisotopic (exact) mass is 281 g/mol. The summed E-state index contributed by atoms with van der Waals surface area (Å²) in [5.74, 6) is 0. The Kier molecular flexibility index (Phi) is 5.18. The number of hydrogen-bond acceptors (Lipinski definition) is 4. The summed E-state index contributed by atoms with van der Waals surface area (Å²) >= 11 is 0. The molecule has 0 bridgehead atoms. The smallest absolute Gasteiger partial charge is 0.0878 e. The van der Waals surface area contributed by atoms with E-state index in [1.54, 1.807) is 0 Å². The number of methoxy groups -OCH3 is 1. The van der Waals surface area contributed by atoms with Gasteiger partial charge in [-0.1, -0.05) is 6.92 Å². The van der Waals surface area contributed by atoms with Gasteiger partial charge in [0.05, 0.1) is 11.3 Å². The number of ether oxygens (including phenoxy) is 2. The van der Waals surface area contributed by atoms with Crippen molar-refractivity contribution in [1.82, 2.24) is 15.1 Å². The molecule has 114 valence electrons. The molecular formula is C15H27N3O2. The van der Waals surface area contributed by atoms with E-state index in [0.29, 0.717) is 0 Å². The molecule has 0 saturated carbocycles. The third-order valence-electron chi connectivity index (χ3n) is 4.53. The SMILES string of the molecule is CCc1cc(CC(NC)C2(OC)CCOCC2)n(C)n1. The molecule has 1 unspecified atom stereocenters. The molecule has 2 rings (SSSR count). The number of rotatable bonds is 6. The highest BCUT2D eigenvalue weighted by molar-refractivity contribution is 5.13. The fraction of sp³-hybridized carbons (Fsp3) is 0.800. The second-order valence-electron chi connectivity index (χ2n) is 5.53. The number of nitrogens with one attached hydrogen (secondary N) is 1. The maximum Gasteiger partial charge on any atom is 0.0878 e. The van der Waals surface area contributed by atoms with Gasteiger partial charge in [0.15, 0.2) is 0 Å². The average molecular weight is 281 g/mol. The Morgan fingerprint density at radius 1 is 1.50 bits per heavy atom. The number of hydrogen-bond donors (Lipinski definition) is 1. The molecule has 20 heavy (non-hydrogen) atoms. The summed E-state index contributed by atoms with van der Waals surface area (Å²) in [5.41, 5.74) is 2.27. The summed E-state index contributed by atoms with van der Waals surface area (Å²) in [4.78, 5) is 0. The van der Waals surface area contributed by atoms with Crippen LogP contribution in [0.4, 0.5) is 0 Å². The molecule has 1 aliphatic rings. The van der Waals surface area contributed by atoms with Crippen LogP contribution >= 0.6 is 0 Å². The van der Waals surface area contributed by atoms with E-state index in [1.165, 1.54) is 5.69 Å². The second-order valence-corrected chi connectivity index (χ2v) is 5.53. The van der Waals surface area contributed by atoms with Crippen molar-refractivity contribution >= 4 is 0 Å². The van der Waals surface area contributed by atoms with E-state index in [2.05, 4.69) is 23.4 Å². The van der Waals surface area contributed by atoms with Gasteiger partial charge in [0.25, 0.3) is 0 Å². The number of aryl methyl sites for hydroxylation is 2. The van der Waals surface area contributed by atoms with Gasteiger partial charge in [0.1, 0.15) is 0 Å². The highest BCUT2D eigenvalue weighted by Gasteiger charge is 2.40. The van der Waals surface area contributed by atoms with Crippen LogP contribution in [-0.2, 0) is 29.4 Å². The first-order valence-electron chi connectivity index (χ1n) is 7.47. The third kappa shape index (κ3) is 3.05. The Hall–Kier alpha value is -0.910. The molecule has 1 aromatic heterocycles. The van der Waals surface area contributed by atoms with Crippen LogP contribution in [0.3, 0.4) is 0 Å². The fourth-order valence-electron chi connectivity index (χ4n) is 3.11. The molecular weight excluding hydrogens is 254 g/mol. The standard InChI is InChI=1S/C15H27N3O2/c1-5-12-10-13(18(3)17-12)11-14(16-2)15(19-4)6-8-20-9-7-15/h10,14,16H,5-9,11H2,1-4H3. The average Bonchev–Trinajstić information content (AvgIpc) is 2.85. The maximum atomic E-state index is 5.90. The lowest BCUT2D eigenvalue weighted by Gasteiger charge is -2.42. The van der Waals surface area contributed by atoms with Crippen LogP contribution in [0.15, 0.2) is 6.07 Å². The van der Waals surface area contributed by atoms with Crippen LogP contribution in [0.25, 0.3) is 0 Å². The molecule has 5 heteroatoms. The first kappa shape index (κ1) is 15.5. The molecule has 1 atom stereocenters. The lowest BCUT2D eigenvalue weighted by molar-refractivity contribution is -0.109. The van der Waals surface area contributed by atoms with E-state index in [0.717, 1.165) is 44.6 Å². The summed E-state index contributed by atoms with van der Waals surface area (Å²) in [5, 5.41) is 7.98. The molecule has 2 heterocycles. The Bertz CT molecular complexity index is 425. The van der Waals surface area contributed by atoms with E-state index < -0.39 is 0 Å². The van der Waals surface area contributed by atoms with Crippen molar-refractivity contribution in [2.45, 2.75) is 44.2 Å². The lowest BCUT2D eigenvalue weighted by atomic mass is 9.83. The van der Waals surface area contributed by atoms with Crippen LogP contribution in [0.5, 0.6) is 0 Å². The van der Waals surface area contributed by atoms with Gasteiger partial charge in [0, 0.05) is 58.4 Å². The lowest BCUT2D eigenvalue weighted by Crippen LogP contribution is -2.55. The van der Waals surface area contributed by atoms with E-state index >= 15 is 0 Å².